The van der Waals surface area contributed by atoms with Gasteiger partial charge >= 0.3 is 12.1 Å². The van der Waals surface area contributed by atoms with Crippen molar-refractivity contribution >= 4 is 12.1 Å². The summed E-state index contributed by atoms with van der Waals surface area (Å²) in [4.78, 5) is 22.9. The highest BCUT2D eigenvalue weighted by molar-refractivity contribution is 5.79. The molecular formula is C16H20N2O4. The van der Waals surface area contributed by atoms with Crippen molar-refractivity contribution < 1.29 is 19.4 Å². The summed E-state index contributed by atoms with van der Waals surface area (Å²) >= 11 is 0. The fourth-order valence-corrected chi connectivity index (χ4v) is 1.86. The zero-order chi connectivity index (χ0) is 16.5. The van der Waals surface area contributed by atoms with Gasteiger partial charge in [-0.1, -0.05) is 44.2 Å². The van der Waals surface area contributed by atoms with Gasteiger partial charge in [0.1, 0.15) is 12.6 Å². The summed E-state index contributed by atoms with van der Waals surface area (Å²) in [5, 5.41) is 20.5. The van der Waals surface area contributed by atoms with E-state index in [0.717, 1.165) is 5.56 Å². The number of carbonyl (C=O) groups excluding carboxylic acids is 1. The molecule has 0 aliphatic rings. The van der Waals surface area contributed by atoms with Crippen molar-refractivity contribution in [3.05, 3.63) is 35.9 Å². The topological polar surface area (TPSA) is 99.4 Å². The van der Waals surface area contributed by atoms with Gasteiger partial charge in [0.15, 0.2) is 0 Å². The monoisotopic (exact) mass is 304 g/mol. The van der Waals surface area contributed by atoms with Crippen LogP contribution in [0.5, 0.6) is 0 Å². The fraction of sp³-hybridized carbons (Fsp3) is 0.438. The van der Waals surface area contributed by atoms with Gasteiger partial charge in [0.25, 0.3) is 0 Å². The summed E-state index contributed by atoms with van der Waals surface area (Å²) in [5.74, 6) is -1.62. The number of nitriles is 1. The number of carboxylic acids is 1. The minimum absolute atomic E-state index is 0.00832. The molecule has 118 valence electrons. The quantitative estimate of drug-likeness (QED) is 0.806. The lowest BCUT2D eigenvalue weighted by Crippen LogP contribution is -2.42. The molecule has 0 bridgehead atoms. The molecule has 1 aromatic carbocycles. The van der Waals surface area contributed by atoms with Crippen molar-refractivity contribution in [1.82, 2.24) is 5.32 Å². The number of hydrogen-bond acceptors (Lipinski definition) is 4. The lowest BCUT2D eigenvalue weighted by molar-refractivity contribution is -0.139. The van der Waals surface area contributed by atoms with Gasteiger partial charge in [-0.2, -0.15) is 5.26 Å². The first kappa shape index (κ1) is 17.5. The molecule has 0 radical (unpaired) electrons. The summed E-state index contributed by atoms with van der Waals surface area (Å²) in [5.41, 5.74) is 0.807. The second-order valence-corrected chi connectivity index (χ2v) is 5.31. The molecule has 0 saturated heterocycles. The fourth-order valence-electron chi connectivity index (χ4n) is 1.86. The van der Waals surface area contributed by atoms with E-state index in [1.54, 1.807) is 12.1 Å². The highest BCUT2D eigenvalue weighted by Crippen LogP contribution is 2.16. The summed E-state index contributed by atoms with van der Waals surface area (Å²) < 4.78 is 4.99. The second kappa shape index (κ2) is 8.67. The minimum Gasteiger partial charge on any atom is -0.480 e. The Morgan fingerprint density at radius 2 is 1.95 bits per heavy atom. The Morgan fingerprint density at radius 3 is 2.45 bits per heavy atom. The van der Waals surface area contributed by atoms with Gasteiger partial charge in [0.2, 0.25) is 0 Å². The second-order valence-electron chi connectivity index (χ2n) is 5.31. The standard InChI is InChI=1S/C16H20N2O4/c1-11(2)13(9-17)8-14(15(19)20)18-16(21)22-10-12-6-4-3-5-7-12/h3-7,11,13-14H,8,10H2,1-2H3,(H,18,21)(H,19,20). The van der Waals surface area contributed by atoms with E-state index in [1.165, 1.54) is 0 Å². The van der Waals surface area contributed by atoms with E-state index >= 15 is 0 Å². The highest BCUT2D eigenvalue weighted by Gasteiger charge is 2.26. The van der Waals surface area contributed by atoms with Crippen LogP contribution in [0.2, 0.25) is 0 Å². The van der Waals surface area contributed by atoms with Crippen LogP contribution in [0.15, 0.2) is 30.3 Å². The van der Waals surface area contributed by atoms with E-state index in [1.807, 2.05) is 32.0 Å². The molecule has 2 N–H and O–H groups in total. The number of carboxylic acid groups (broad SMARTS) is 1. The molecular weight excluding hydrogens is 284 g/mol. The van der Waals surface area contributed by atoms with Gasteiger partial charge in [-0.25, -0.2) is 9.59 Å². The van der Waals surface area contributed by atoms with Crippen LogP contribution < -0.4 is 5.32 Å². The third-order valence-electron chi connectivity index (χ3n) is 3.26. The highest BCUT2D eigenvalue weighted by atomic mass is 16.5. The van der Waals surface area contributed by atoms with Crippen molar-refractivity contribution in [1.29, 1.82) is 5.26 Å². The van der Waals surface area contributed by atoms with E-state index in [-0.39, 0.29) is 18.9 Å². The number of rotatable bonds is 7. The zero-order valence-electron chi connectivity index (χ0n) is 12.7. The van der Waals surface area contributed by atoms with Crippen LogP contribution >= 0.6 is 0 Å². The number of aliphatic carboxylic acids is 1. The third kappa shape index (κ3) is 5.83. The molecule has 1 aromatic rings. The number of benzene rings is 1. The van der Waals surface area contributed by atoms with Crippen molar-refractivity contribution in [2.24, 2.45) is 11.8 Å². The number of alkyl carbamates (subject to hydrolysis) is 1. The molecule has 0 aliphatic carbocycles. The molecule has 0 heterocycles. The third-order valence-corrected chi connectivity index (χ3v) is 3.26. The van der Waals surface area contributed by atoms with Crippen molar-refractivity contribution in [2.45, 2.75) is 32.9 Å². The van der Waals surface area contributed by atoms with Crippen LogP contribution in [0.25, 0.3) is 0 Å². The SMILES string of the molecule is CC(C)C(C#N)CC(NC(=O)OCc1ccccc1)C(=O)O. The van der Waals surface area contributed by atoms with E-state index < -0.39 is 24.0 Å². The molecule has 1 amide bonds. The molecule has 22 heavy (non-hydrogen) atoms. The molecule has 0 aliphatic heterocycles. The van der Waals surface area contributed by atoms with Crippen molar-refractivity contribution in [3.8, 4) is 6.07 Å². The lowest BCUT2D eigenvalue weighted by atomic mass is 9.90. The minimum atomic E-state index is -1.18. The average molecular weight is 304 g/mol. The van der Waals surface area contributed by atoms with Crippen molar-refractivity contribution in [2.75, 3.05) is 0 Å². The summed E-state index contributed by atoms with van der Waals surface area (Å²) in [6, 6.07) is 9.99. The Morgan fingerprint density at radius 1 is 1.32 bits per heavy atom. The zero-order valence-corrected chi connectivity index (χ0v) is 12.7. The number of nitrogens with zero attached hydrogens (tertiary/aromatic N) is 1. The van der Waals surface area contributed by atoms with Crippen LogP contribution in [-0.4, -0.2) is 23.2 Å². The maximum atomic E-state index is 11.7. The summed E-state index contributed by atoms with van der Waals surface area (Å²) in [7, 11) is 0. The van der Waals surface area contributed by atoms with Gasteiger partial charge < -0.3 is 15.2 Å². The van der Waals surface area contributed by atoms with E-state index in [4.69, 9.17) is 15.1 Å². The van der Waals surface area contributed by atoms with Crippen LogP contribution in [0.4, 0.5) is 4.79 Å². The Kier molecular flexibility index (Phi) is 6.90. The molecule has 0 fully saturated rings. The van der Waals surface area contributed by atoms with Gasteiger partial charge in [-0.3, -0.25) is 0 Å². The van der Waals surface area contributed by atoms with Crippen LogP contribution in [-0.2, 0) is 16.1 Å². The molecule has 1 rings (SSSR count). The first-order chi connectivity index (χ1) is 10.4. The predicted octanol–water partition coefficient (Wildman–Crippen LogP) is 2.55. The van der Waals surface area contributed by atoms with Gasteiger partial charge in [0.05, 0.1) is 12.0 Å². The molecule has 0 saturated carbocycles. The first-order valence-electron chi connectivity index (χ1n) is 7.03. The molecule has 2 unspecified atom stereocenters. The Hall–Kier alpha value is -2.55. The Bertz CT molecular complexity index is 537. The average Bonchev–Trinajstić information content (AvgIpc) is 2.49. The number of nitrogens with one attached hydrogen (secondary N) is 1. The first-order valence-corrected chi connectivity index (χ1v) is 7.03. The molecule has 6 heteroatoms. The van der Waals surface area contributed by atoms with Gasteiger partial charge in [0, 0.05) is 0 Å². The maximum Gasteiger partial charge on any atom is 0.408 e. The smallest absolute Gasteiger partial charge is 0.408 e. The number of hydrogen-bond donors (Lipinski definition) is 2. The number of amides is 1. The van der Waals surface area contributed by atoms with Gasteiger partial charge in [-0.15, -0.1) is 0 Å². The molecule has 2 atom stereocenters. The molecule has 0 spiro atoms. The lowest BCUT2D eigenvalue weighted by Gasteiger charge is -2.19. The Labute approximate surface area is 129 Å². The van der Waals surface area contributed by atoms with Crippen LogP contribution in [0.1, 0.15) is 25.8 Å². The van der Waals surface area contributed by atoms with Crippen LogP contribution in [0, 0.1) is 23.2 Å². The number of carbonyl (C=O) groups is 2. The largest absolute Gasteiger partial charge is 0.480 e. The molecule has 0 aromatic heterocycles. The summed E-state index contributed by atoms with van der Waals surface area (Å²) in [6.07, 6.45) is -0.763. The number of ether oxygens (including phenoxy) is 1. The molecule has 6 nitrogen and oxygen atoms in total. The maximum absolute atomic E-state index is 11.7. The normalized spacial score (nSPS) is 13.0. The summed E-state index contributed by atoms with van der Waals surface area (Å²) in [6.45, 7) is 3.73. The predicted molar refractivity (Wildman–Crippen MR) is 79.7 cm³/mol. The van der Waals surface area contributed by atoms with Crippen molar-refractivity contribution in [3.63, 3.8) is 0 Å². The van der Waals surface area contributed by atoms with Gasteiger partial charge in [-0.05, 0) is 17.9 Å². The van der Waals surface area contributed by atoms with Crippen LogP contribution in [0.3, 0.4) is 0 Å². The van der Waals surface area contributed by atoms with E-state index in [9.17, 15) is 9.59 Å². The Balaban J connectivity index is 2.54. The van der Waals surface area contributed by atoms with E-state index in [2.05, 4.69) is 11.4 Å². The van der Waals surface area contributed by atoms with E-state index in [0.29, 0.717) is 0 Å².